The highest BCUT2D eigenvalue weighted by Crippen LogP contribution is 2.26. The number of primary amides is 1. The summed E-state index contributed by atoms with van der Waals surface area (Å²) in [5.74, 6) is 5.55. The number of thioether (sulfide) groups is 1. The first-order valence-corrected chi connectivity index (χ1v) is 7.68. The van der Waals surface area contributed by atoms with E-state index in [1.165, 1.54) is 31.2 Å². The topological polar surface area (TPSA) is 138 Å². The van der Waals surface area contributed by atoms with E-state index in [1.807, 2.05) is 5.32 Å². The summed E-state index contributed by atoms with van der Waals surface area (Å²) < 4.78 is 29.7. The molecule has 0 fully saturated rings. The lowest BCUT2D eigenvalue weighted by Crippen LogP contribution is -2.39. The van der Waals surface area contributed by atoms with Crippen molar-refractivity contribution < 1.29 is 23.1 Å². The second kappa shape index (κ2) is 7.79. The molecule has 3 amide bonds. The van der Waals surface area contributed by atoms with E-state index in [-0.39, 0.29) is 16.7 Å². The SMILES string of the molecule is CC(Sc1nnc(-c2ccc(OC(F)F)cc2)n1N)C(=O)NC(N)=O. The van der Waals surface area contributed by atoms with E-state index >= 15 is 0 Å². The lowest BCUT2D eigenvalue weighted by atomic mass is 10.2. The largest absolute Gasteiger partial charge is 0.435 e. The average Bonchev–Trinajstić information content (AvgIpc) is 2.88. The highest BCUT2D eigenvalue weighted by atomic mass is 32.2. The molecule has 25 heavy (non-hydrogen) atoms. The first-order chi connectivity index (χ1) is 11.8. The normalized spacial score (nSPS) is 12.0. The second-order valence-corrected chi connectivity index (χ2v) is 6.00. The Kier molecular flexibility index (Phi) is 5.75. The fraction of sp³-hybridized carbons (Fsp3) is 0.231. The number of carbonyl (C=O) groups is 2. The maximum absolute atomic E-state index is 12.1. The molecule has 0 aliphatic heterocycles. The molecule has 1 aromatic heterocycles. The predicted molar refractivity (Wildman–Crippen MR) is 85.3 cm³/mol. The van der Waals surface area contributed by atoms with Crippen molar-refractivity contribution >= 4 is 23.7 Å². The van der Waals surface area contributed by atoms with E-state index in [9.17, 15) is 18.4 Å². The van der Waals surface area contributed by atoms with Crippen LogP contribution in [-0.2, 0) is 4.79 Å². The number of amides is 3. The molecular weight excluding hydrogens is 358 g/mol. The third-order valence-corrected chi connectivity index (χ3v) is 3.96. The Morgan fingerprint density at radius 3 is 2.48 bits per heavy atom. The monoisotopic (exact) mass is 372 g/mol. The quantitative estimate of drug-likeness (QED) is 0.506. The van der Waals surface area contributed by atoms with Crippen LogP contribution in [0.25, 0.3) is 11.4 Å². The number of alkyl halides is 2. The lowest BCUT2D eigenvalue weighted by molar-refractivity contribution is -0.119. The van der Waals surface area contributed by atoms with Gasteiger partial charge in [0, 0.05) is 5.56 Å². The molecule has 0 aliphatic rings. The molecule has 2 aromatic rings. The molecule has 0 bridgehead atoms. The van der Waals surface area contributed by atoms with Crippen LogP contribution in [0.5, 0.6) is 5.75 Å². The Hall–Kier alpha value is -2.89. The zero-order valence-corrected chi connectivity index (χ0v) is 13.7. The molecule has 0 saturated carbocycles. The average molecular weight is 372 g/mol. The molecule has 0 aliphatic carbocycles. The Balaban J connectivity index is 2.12. The van der Waals surface area contributed by atoms with Crippen LogP contribution in [0.15, 0.2) is 29.4 Å². The van der Waals surface area contributed by atoms with Crippen molar-refractivity contribution in [2.24, 2.45) is 5.73 Å². The van der Waals surface area contributed by atoms with Crippen molar-refractivity contribution in [1.82, 2.24) is 20.2 Å². The van der Waals surface area contributed by atoms with Gasteiger partial charge in [-0.3, -0.25) is 10.1 Å². The van der Waals surface area contributed by atoms with Gasteiger partial charge in [-0.2, -0.15) is 8.78 Å². The van der Waals surface area contributed by atoms with E-state index in [0.29, 0.717) is 5.56 Å². The van der Waals surface area contributed by atoms with Gasteiger partial charge in [0.25, 0.3) is 0 Å². The number of aromatic nitrogens is 3. The molecule has 1 atom stereocenters. The van der Waals surface area contributed by atoms with Crippen LogP contribution in [0, 0.1) is 0 Å². The van der Waals surface area contributed by atoms with Gasteiger partial charge in [0.2, 0.25) is 11.1 Å². The zero-order valence-electron chi connectivity index (χ0n) is 12.8. The number of nitrogen functional groups attached to an aromatic ring is 1. The van der Waals surface area contributed by atoms with Gasteiger partial charge < -0.3 is 16.3 Å². The molecule has 0 spiro atoms. The summed E-state index contributed by atoms with van der Waals surface area (Å²) in [6.07, 6.45) is 0. The second-order valence-electron chi connectivity index (χ2n) is 4.69. The maximum atomic E-state index is 12.1. The minimum atomic E-state index is -2.92. The van der Waals surface area contributed by atoms with Crippen molar-refractivity contribution in [2.75, 3.05) is 5.84 Å². The van der Waals surface area contributed by atoms with Gasteiger partial charge in [0.15, 0.2) is 5.82 Å². The number of benzene rings is 1. The molecule has 5 N–H and O–H groups in total. The van der Waals surface area contributed by atoms with Gasteiger partial charge in [-0.25, -0.2) is 9.47 Å². The van der Waals surface area contributed by atoms with Crippen LogP contribution in [0.2, 0.25) is 0 Å². The fourth-order valence-electron chi connectivity index (χ4n) is 1.77. The van der Waals surface area contributed by atoms with Crippen LogP contribution in [0.4, 0.5) is 13.6 Å². The summed E-state index contributed by atoms with van der Waals surface area (Å²) in [6, 6.07) is 4.70. The summed E-state index contributed by atoms with van der Waals surface area (Å²) in [7, 11) is 0. The van der Waals surface area contributed by atoms with E-state index < -0.39 is 23.8 Å². The number of hydrogen-bond donors (Lipinski definition) is 3. The highest BCUT2D eigenvalue weighted by molar-refractivity contribution is 8.00. The number of nitrogens with one attached hydrogen (secondary N) is 1. The van der Waals surface area contributed by atoms with Crippen molar-refractivity contribution in [2.45, 2.75) is 23.9 Å². The number of hydrogen-bond acceptors (Lipinski definition) is 7. The fourth-order valence-corrected chi connectivity index (χ4v) is 2.54. The summed E-state index contributed by atoms with van der Waals surface area (Å²) in [5.41, 5.74) is 5.39. The van der Waals surface area contributed by atoms with Crippen molar-refractivity contribution in [3.05, 3.63) is 24.3 Å². The van der Waals surface area contributed by atoms with E-state index in [2.05, 4.69) is 14.9 Å². The highest BCUT2D eigenvalue weighted by Gasteiger charge is 2.20. The number of nitrogens with zero attached hydrogens (tertiary/aromatic N) is 3. The van der Waals surface area contributed by atoms with E-state index in [0.717, 1.165) is 16.4 Å². The summed E-state index contributed by atoms with van der Waals surface area (Å²) in [6.45, 7) is -1.38. The standard InChI is InChI=1S/C13H14F2N6O3S/c1-6(10(22)18-12(16)23)25-13-20-19-9(21(13)17)7-2-4-8(5-3-7)24-11(14)15/h2-6,11H,17H2,1H3,(H3,16,18,22,23). The molecule has 134 valence electrons. The first kappa shape index (κ1) is 18.4. The molecule has 0 saturated heterocycles. The van der Waals surface area contributed by atoms with Crippen LogP contribution in [-0.4, -0.2) is 38.7 Å². The van der Waals surface area contributed by atoms with Gasteiger partial charge in [-0.05, 0) is 31.2 Å². The van der Waals surface area contributed by atoms with Gasteiger partial charge in [0.1, 0.15) is 5.75 Å². The molecule has 1 unspecified atom stereocenters. The van der Waals surface area contributed by atoms with Gasteiger partial charge in [-0.15, -0.1) is 10.2 Å². The van der Waals surface area contributed by atoms with Gasteiger partial charge >= 0.3 is 12.6 Å². The van der Waals surface area contributed by atoms with Crippen molar-refractivity contribution in [3.8, 4) is 17.1 Å². The molecule has 2 rings (SSSR count). The number of halogens is 2. The molecule has 9 nitrogen and oxygen atoms in total. The molecule has 0 radical (unpaired) electrons. The molecular formula is C13H14F2N6O3S. The summed E-state index contributed by atoms with van der Waals surface area (Å²) in [5, 5.41) is 9.24. The maximum Gasteiger partial charge on any atom is 0.387 e. The van der Waals surface area contributed by atoms with Crippen LogP contribution in [0.3, 0.4) is 0 Å². The van der Waals surface area contributed by atoms with E-state index in [4.69, 9.17) is 11.6 Å². The Labute approximate surface area is 144 Å². The number of nitrogens with two attached hydrogens (primary N) is 2. The number of ether oxygens (including phenoxy) is 1. The Morgan fingerprint density at radius 1 is 1.28 bits per heavy atom. The molecule has 1 heterocycles. The third kappa shape index (κ3) is 4.79. The van der Waals surface area contributed by atoms with Crippen LogP contribution >= 0.6 is 11.8 Å². The van der Waals surface area contributed by atoms with Gasteiger partial charge in [0.05, 0.1) is 5.25 Å². The summed E-state index contributed by atoms with van der Waals surface area (Å²) in [4.78, 5) is 22.3. The molecule has 12 heteroatoms. The predicted octanol–water partition coefficient (Wildman–Crippen LogP) is 0.936. The Bertz CT molecular complexity index is 768. The van der Waals surface area contributed by atoms with Crippen LogP contribution < -0.4 is 21.6 Å². The number of rotatable bonds is 6. The number of imide groups is 1. The minimum absolute atomic E-state index is 0.00631. The third-order valence-electron chi connectivity index (χ3n) is 2.90. The first-order valence-electron chi connectivity index (χ1n) is 6.80. The number of carbonyl (C=O) groups excluding carboxylic acids is 2. The molecule has 1 aromatic carbocycles. The summed E-state index contributed by atoms with van der Waals surface area (Å²) >= 11 is 0.968. The van der Waals surface area contributed by atoms with E-state index in [1.54, 1.807) is 0 Å². The van der Waals surface area contributed by atoms with Crippen LogP contribution in [0.1, 0.15) is 6.92 Å². The smallest absolute Gasteiger partial charge is 0.387 e. The minimum Gasteiger partial charge on any atom is -0.435 e. The Morgan fingerprint density at radius 2 is 1.92 bits per heavy atom. The van der Waals surface area contributed by atoms with Crippen molar-refractivity contribution in [3.63, 3.8) is 0 Å². The number of urea groups is 1. The van der Waals surface area contributed by atoms with Crippen molar-refractivity contribution in [1.29, 1.82) is 0 Å². The lowest BCUT2D eigenvalue weighted by Gasteiger charge is -2.09. The zero-order chi connectivity index (χ0) is 18.6. The van der Waals surface area contributed by atoms with Gasteiger partial charge in [-0.1, -0.05) is 11.8 Å².